The van der Waals surface area contributed by atoms with Gasteiger partial charge in [-0.3, -0.25) is 4.79 Å². The molecule has 0 spiro atoms. The lowest BCUT2D eigenvalue weighted by Crippen LogP contribution is -2.26. The van der Waals surface area contributed by atoms with Crippen LogP contribution in [0.25, 0.3) is 0 Å². The molecule has 108 valence electrons. The van der Waals surface area contributed by atoms with E-state index in [1.165, 1.54) is 12.1 Å². The molecule has 0 saturated heterocycles. The number of carbonyl (C=O) groups is 1. The van der Waals surface area contributed by atoms with Gasteiger partial charge in [0.2, 0.25) is 5.91 Å². The Bertz CT molecular complexity index is 409. The normalized spacial score (nSPS) is 12.3. The molecule has 0 aliphatic carbocycles. The average Bonchev–Trinajstić information content (AvgIpc) is 2.28. The Labute approximate surface area is 114 Å². The summed E-state index contributed by atoms with van der Waals surface area (Å²) >= 11 is 0. The number of nitrogens with one attached hydrogen (secondary N) is 1. The summed E-state index contributed by atoms with van der Waals surface area (Å²) in [6, 6.07) is 4.89. The van der Waals surface area contributed by atoms with E-state index in [9.17, 15) is 18.0 Å². The van der Waals surface area contributed by atoms with E-state index in [1.54, 1.807) is 6.92 Å². The summed E-state index contributed by atoms with van der Waals surface area (Å²) in [5.41, 5.74) is 5.70. The average molecular weight is 299 g/mol. The Balaban J connectivity index is 0.00000324. The Hall–Kier alpha value is -1.47. The van der Waals surface area contributed by atoms with Crippen LogP contribution in [0.15, 0.2) is 24.3 Å². The van der Waals surface area contributed by atoms with Gasteiger partial charge in [-0.25, -0.2) is 0 Å². The molecule has 4 nitrogen and oxygen atoms in total. The minimum Gasteiger partial charge on any atom is -0.406 e. The molecule has 0 aliphatic heterocycles. The molecule has 0 bridgehead atoms. The molecule has 1 aromatic rings. The molecule has 0 aromatic heterocycles. The quantitative estimate of drug-likeness (QED) is 0.898. The molecule has 0 aliphatic rings. The topological polar surface area (TPSA) is 64.4 Å². The van der Waals surface area contributed by atoms with Crippen molar-refractivity contribution in [3.05, 3.63) is 24.3 Å². The van der Waals surface area contributed by atoms with E-state index in [1.807, 2.05) is 0 Å². The van der Waals surface area contributed by atoms with Crippen LogP contribution >= 0.6 is 12.4 Å². The summed E-state index contributed by atoms with van der Waals surface area (Å²) in [4.78, 5) is 11.5. The van der Waals surface area contributed by atoms with Crippen LogP contribution in [0.4, 0.5) is 18.9 Å². The van der Waals surface area contributed by atoms with Crippen LogP contribution in [-0.4, -0.2) is 18.8 Å². The standard InChI is InChI=1S/C11H13F3N2O2.ClH/c1-7(6-15)10(17)16-8-2-4-9(5-3-8)18-11(12,13)14;/h2-5,7H,6,15H2,1H3,(H,16,17);1H. The number of rotatable bonds is 4. The van der Waals surface area contributed by atoms with Gasteiger partial charge in [-0.15, -0.1) is 25.6 Å². The zero-order valence-electron chi connectivity index (χ0n) is 10.0. The first-order valence-electron chi connectivity index (χ1n) is 5.18. The van der Waals surface area contributed by atoms with Gasteiger partial charge in [0.25, 0.3) is 0 Å². The van der Waals surface area contributed by atoms with Crippen LogP contribution in [-0.2, 0) is 4.79 Å². The molecule has 1 rings (SSSR count). The molecule has 0 saturated carbocycles. The van der Waals surface area contributed by atoms with Crippen molar-refractivity contribution in [1.82, 2.24) is 0 Å². The van der Waals surface area contributed by atoms with Crippen molar-refractivity contribution in [2.75, 3.05) is 11.9 Å². The smallest absolute Gasteiger partial charge is 0.406 e. The van der Waals surface area contributed by atoms with Crippen molar-refractivity contribution in [1.29, 1.82) is 0 Å². The first-order valence-corrected chi connectivity index (χ1v) is 5.18. The maximum atomic E-state index is 11.9. The highest BCUT2D eigenvalue weighted by atomic mass is 35.5. The van der Waals surface area contributed by atoms with E-state index in [4.69, 9.17) is 5.73 Å². The second-order valence-corrected chi connectivity index (χ2v) is 3.70. The molecule has 1 aromatic carbocycles. The maximum Gasteiger partial charge on any atom is 0.573 e. The van der Waals surface area contributed by atoms with Gasteiger partial charge in [0.1, 0.15) is 5.75 Å². The molecular formula is C11H14ClF3N2O2. The van der Waals surface area contributed by atoms with Gasteiger partial charge in [0.15, 0.2) is 0 Å². The van der Waals surface area contributed by atoms with E-state index in [-0.39, 0.29) is 36.5 Å². The van der Waals surface area contributed by atoms with Gasteiger partial charge in [0, 0.05) is 18.2 Å². The lowest BCUT2D eigenvalue weighted by Gasteiger charge is -2.11. The van der Waals surface area contributed by atoms with Gasteiger partial charge in [-0.05, 0) is 24.3 Å². The van der Waals surface area contributed by atoms with Gasteiger partial charge in [-0.2, -0.15) is 0 Å². The zero-order chi connectivity index (χ0) is 13.8. The molecule has 1 atom stereocenters. The lowest BCUT2D eigenvalue weighted by molar-refractivity contribution is -0.274. The van der Waals surface area contributed by atoms with Crippen molar-refractivity contribution >= 4 is 24.0 Å². The Kier molecular flexibility index (Phi) is 6.64. The monoisotopic (exact) mass is 298 g/mol. The van der Waals surface area contributed by atoms with E-state index in [0.717, 1.165) is 12.1 Å². The number of hydrogen-bond acceptors (Lipinski definition) is 3. The number of hydrogen-bond donors (Lipinski definition) is 2. The Morgan fingerprint density at radius 2 is 1.89 bits per heavy atom. The third-order valence-corrected chi connectivity index (χ3v) is 2.16. The molecule has 0 heterocycles. The second kappa shape index (κ2) is 7.20. The van der Waals surface area contributed by atoms with Crippen LogP contribution in [0.2, 0.25) is 0 Å². The van der Waals surface area contributed by atoms with E-state index in [0.29, 0.717) is 5.69 Å². The number of amides is 1. The van der Waals surface area contributed by atoms with Gasteiger partial charge in [0.05, 0.1) is 0 Å². The SMILES string of the molecule is CC(CN)C(=O)Nc1ccc(OC(F)(F)F)cc1.Cl. The van der Waals surface area contributed by atoms with E-state index < -0.39 is 6.36 Å². The van der Waals surface area contributed by atoms with E-state index >= 15 is 0 Å². The number of carbonyl (C=O) groups excluding carboxylic acids is 1. The summed E-state index contributed by atoms with van der Waals surface area (Å²) in [6.45, 7) is 1.84. The summed E-state index contributed by atoms with van der Waals surface area (Å²) in [5, 5.41) is 2.53. The Morgan fingerprint density at radius 1 is 1.37 bits per heavy atom. The van der Waals surface area contributed by atoms with Gasteiger partial charge < -0.3 is 15.8 Å². The predicted octanol–water partition coefficient (Wildman–Crippen LogP) is 2.54. The number of alkyl halides is 3. The highest BCUT2D eigenvalue weighted by molar-refractivity contribution is 5.92. The first kappa shape index (κ1) is 17.5. The summed E-state index contributed by atoms with van der Waals surface area (Å²) in [7, 11) is 0. The molecule has 0 radical (unpaired) electrons. The largest absolute Gasteiger partial charge is 0.573 e. The molecule has 1 amide bonds. The van der Waals surface area contributed by atoms with E-state index in [2.05, 4.69) is 10.1 Å². The number of nitrogens with two attached hydrogens (primary N) is 1. The molecular weight excluding hydrogens is 285 g/mol. The molecule has 0 fully saturated rings. The van der Waals surface area contributed by atoms with Crippen LogP contribution in [0.1, 0.15) is 6.92 Å². The number of ether oxygens (including phenoxy) is 1. The summed E-state index contributed by atoms with van der Waals surface area (Å²) in [6.07, 6.45) is -4.72. The lowest BCUT2D eigenvalue weighted by atomic mass is 10.1. The number of anilines is 1. The molecule has 19 heavy (non-hydrogen) atoms. The minimum absolute atomic E-state index is 0. The highest BCUT2D eigenvalue weighted by Gasteiger charge is 2.30. The first-order chi connectivity index (χ1) is 8.31. The third-order valence-electron chi connectivity index (χ3n) is 2.16. The molecule has 3 N–H and O–H groups in total. The fraction of sp³-hybridized carbons (Fsp3) is 0.364. The minimum atomic E-state index is -4.72. The second-order valence-electron chi connectivity index (χ2n) is 3.70. The molecule has 1 unspecified atom stereocenters. The maximum absolute atomic E-state index is 11.9. The fourth-order valence-corrected chi connectivity index (χ4v) is 1.11. The van der Waals surface area contributed by atoms with Crippen LogP contribution < -0.4 is 15.8 Å². The van der Waals surface area contributed by atoms with Gasteiger partial charge in [-0.1, -0.05) is 6.92 Å². The predicted molar refractivity (Wildman–Crippen MR) is 67.2 cm³/mol. The van der Waals surface area contributed by atoms with Crippen molar-refractivity contribution in [3.63, 3.8) is 0 Å². The highest BCUT2D eigenvalue weighted by Crippen LogP contribution is 2.24. The third kappa shape index (κ3) is 6.30. The Morgan fingerprint density at radius 3 is 2.32 bits per heavy atom. The summed E-state index contributed by atoms with van der Waals surface area (Å²) in [5.74, 6) is -0.995. The molecule has 8 heteroatoms. The van der Waals surface area contributed by atoms with Crippen molar-refractivity contribution < 1.29 is 22.7 Å². The van der Waals surface area contributed by atoms with Crippen molar-refractivity contribution in [2.45, 2.75) is 13.3 Å². The van der Waals surface area contributed by atoms with Crippen LogP contribution in [0.5, 0.6) is 5.75 Å². The van der Waals surface area contributed by atoms with Crippen molar-refractivity contribution in [3.8, 4) is 5.75 Å². The summed E-state index contributed by atoms with van der Waals surface area (Å²) < 4.78 is 39.4. The van der Waals surface area contributed by atoms with Gasteiger partial charge >= 0.3 is 6.36 Å². The fourth-order valence-electron chi connectivity index (χ4n) is 1.11. The van der Waals surface area contributed by atoms with Crippen LogP contribution in [0, 0.1) is 5.92 Å². The number of halogens is 4. The van der Waals surface area contributed by atoms with Crippen molar-refractivity contribution in [2.24, 2.45) is 11.7 Å². The van der Waals surface area contributed by atoms with Crippen LogP contribution in [0.3, 0.4) is 0 Å². The zero-order valence-corrected chi connectivity index (χ0v) is 10.8. The number of benzene rings is 1.